The average Bonchev–Trinajstić information content (AvgIpc) is 2.84. The maximum absolute atomic E-state index is 11.9. The van der Waals surface area contributed by atoms with Crippen molar-refractivity contribution < 1.29 is 19.1 Å². The van der Waals surface area contributed by atoms with Gasteiger partial charge >= 0.3 is 5.97 Å². The second kappa shape index (κ2) is 6.30. The molecule has 0 radical (unpaired) electrons. The second-order valence-corrected chi connectivity index (χ2v) is 5.81. The highest BCUT2D eigenvalue weighted by molar-refractivity contribution is 6.02. The highest BCUT2D eigenvalue weighted by Gasteiger charge is 2.29. The van der Waals surface area contributed by atoms with Gasteiger partial charge in [-0.25, -0.2) is 0 Å². The van der Waals surface area contributed by atoms with Crippen molar-refractivity contribution in [3.05, 3.63) is 35.4 Å². The molecule has 2 amide bonds. The van der Waals surface area contributed by atoms with Gasteiger partial charge in [0.1, 0.15) is 6.10 Å². The molecule has 22 heavy (non-hydrogen) atoms. The van der Waals surface area contributed by atoms with Gasteiger partial charge in [0.15, 0.2) is 0 Å². The lowest BCUT2D eigenvalue weighted by Crippen LogP contribution is -2.33. The number of amides is 2. The minimum Gasteiger partial charge on any atom is -0.462 e. The van der Waals surface area contributed by atoms with Crippen LogP contribution < -0.4 is 0 Å². The summed E-state index contributed by atoms with van der Waals surface area (Å²) in [6.45, 7) is 0.139. The molecule has 1 aliphatic heterocycles. The van der Waals surface area contributed by atoms with Crippen LogP contribution in [0.15, 0.2) is 24.3 Å². The molecule has 0 spiro atoms. The fourth-order valence-electron chi connectivity index (χ4n) is 3.09. The standard InChI is InChI=1S/C17H19NO4/c19-15-7-8-16(20)18(15)10-9-17(21)22-14-6-5-12-3-1-2-4-13(12)11-14/h1-4,14H,5-11H2/t14-/m0/s1. The molecule has 1 aliphatic carbocycles. The second-order valence-electron chi connectivity index (χ2n) is 5.81. The van der Waals surface area contributed by atoms with E-state index >= 15 is 0 Å². The summed E-state index contributed by atoms with van der Waals surface area (Å²) in [5, 5.41) is 0. The number of hydrogen-bond donors (Lipinski definition) is 0. The lowest BCUT2D eigenvalue weighted by Gasteiger charge is -2.25. The molecule has 5 nitrogen and oxygen atoms in total. The van der Waals surface area contributed by atoms with Gasteiger partial charge in [-0.3, -0.25) is 19.3 Å². The van der Waals surface area contributed by atoms with E-state index in [9.17, 15) is 14.4 Å². The molecule has 1 saturated heterocycles. The van der Waals surface area contributed by atoms with E-state index in [2.05, 4.69) is 12.1 Å². The lowest BCUT2D eigenvalue weighted by atomic mass is 9.90. The minimum atomic E-state index is -0.336. The zero-order chi connectivity index (χ0) is 15.5. The van der Waals surface area contributed by atoms with Crippen LogP contribution in [-0.4, -0.2) is 35.3 Å². The molecule has 5 heteroatoms. The number of ether oxygens (including phenoxy) is 1. The number of carbonyl (C=O) groups is 3. The molecule has 0 aromatic heterocycles. The Morgan fingerprint density at radius 2 is 1.77 bits per heavy atom. The summed E-state index contributed by atoms with van der Waals surface area (Å²) >= 11 is 0. The minimum absolute atomic E-state index is 0.0790. The van der Waals surface area contributed by atoms with E-state index in [1.54, 1.807) is 0 Å². The number of imide groups is 1. The highest BCUT2D eigenvalue weighted by atomic mass is 16.5. The Bertz CT molecular complexity index is 594. The maximum Gasteiger partial charge on any atom is 0.307 e. The van der Waals surface area contributed by atoms with Crippen molar-refractivity contribution in [2.45, 2.75) is 44.6 Å². The quantitative estimate of drug-likeness (QED) is 0.626. The van der Waals surface area contributed by atoms with Gasteiger partial charge in [0.05, 0.1) is 6.42 Å². The largest absolute Gasteiger partial charge is 0.462 e. The van der Waals surface area contributed by atoms with Gasteiger partial charge in [-0.2, -0.15) is 0 Å². The third-order valence-corrected chi connectivity index (χ3v) is 4.29. The summed E-state index contributed by atoms with van der Waals surface area (Å²) in [4.78, 5) is 36.0. The van der Waals surface area contributed by atoms with Crippen molar-refractivity contribution in [2.75, 3.05) is 6.54 Å². The van der Waals surface area contributed by atoms with Crippen LogP contribution in [0.4, 0.5) is 0 Å². The number of esters is 1. The zero-order valence-corrected chi connectivity index (χ0v) is 12.4. The monoisotopic (exact) mass is 301 g/mol. The van der Waals surface area contributed by atoms with E-state index in [-0.39, 0.29) is 49.7 Å². The van der Waals surface area contributed by atoms with E-state index in [1.165, 1.54) is 11.1 Å². The van der Waals surface area contributed by atoms with Crippen LogP contribution in [0.3, 0.4) is 0 Å². The van der Waals surface area contributed by atoms with Crippen molar-refractivity contribution in [2.24, 2.45) is 0 Å². The SMILES string of the molecule is O=C(CCN1C(=O)CCC1=O)O[C@H]1CCc2ccccc2C1. The van der Waals surface area contributed by atoms with Gasteiger partial charge in [0, 0.05) is 25.8 Å². The fraction of sp³-hybridized carbons (Fsp3) is 0.471. The molecule has 0 unspecified atom stereocenters. The Hall–Kier alpha value is -2.17. The van der Waals surface area contributed by atoms with E-state index in [4.69, 9.17) is 4.74 Å². The number of hydrogen-bond acceptors (Lipinski definition) is 4. The van der Waals surface area contributed by atoms with Crippen molar-refractivity contribution in [1.82, 2.24) is 4.90 Å². The summed E-state index contributed by atoms with van der Waals surface area (Å²) in [5.41, 5.74) is 2.56. The predicted molar refractivity (Wildman–Crippen MR) is 78.9 cm³/mol. The van der Waals surface area contributed by atoms with Gasteiger partial charge in [-0.15, -0.1) is 0 Å². The molecule has 3 rings (SSSR count). The van der Waals surface area contributed by atoms with E-state index in [1.807, 2.05) is 12.1 Å². The lowest BCUT2D eigenvalue weighted by molar-refractivity contribution is -0.150. The van der Waals surface area contributed by atoms with Gasteiger partial charge in [-0.05, 0) is 24.0 Å². The van der Waals surface area contributed by atoms with Gasteiger partial charge in [0.25, 0.3) is 0 Å². The first-order valence-corrected chi connectivity index (χ1v) is 7.73. The van der Waals surface area contributed by atoms with Crippen molar-refractivity contribution in [3.63, 3.8) is 0 Å². The molecule has 1 atom stereocenters. The molecule has 1 heterocycles. The first-order valence-electron chi connectivity index (χ1n) is 7.73. The Morgan fingerprint density at radius 1 is 1.09 bits per heavy atom. The number of likely N-dealkylation sites (tertiary alicyclic amines) is 1. The smallest absolute Gasteiger partial charge is 0.307 e. The number of nitrogens with zero attached hydrogens (tertiary/aromatic N) is 1. The molecule has 2 aliphatic rings. The van der Waals surface area contributed by atoms with Crippen LogP contribution in [0.25, 0.3) is 0 Å². The topological polar surface area (TPSA) is 63.7 Å². The number of carbonyl (C=O) groups excluding carboxylic acids is 3. The third-order valence-electron chi connectivity index (χ3n) is 4.29. The van der Waals surface area contributed by atoms with E-state index in [0.717, 1.165) is 24.2 Å². The summed E-state index contributed by atoms with van der Waals surface area (Å²) in [7, 11) is 0. The van der Waals surface area contributed by atoms with Crippen LogP contribution in [0.2, 0.25) is 0 Å². The van der Waals surface area contributed by atoms with Gasteiger partial charge in [0.2, 0.25) is 11.8 Å². The van der Waals surface area contributed by atoms with Crippen LogP contribution in [0, 0.1) is 0 Å². The summed E-state index contributed by atoms with van der Waals surface area (Å²) in [6, 6.07) is 8.19. The molecular formula is C17H19NO4. The van der Waals surface area contributed by atoms with Crippen LogP contribution in [-0.2, 0) is 32.0 Å². The Labute approximate surface area is 129 Å². The summed E-state index contributed by atoms with van der Waals surface area (Å²) in [6.07, 6.45) is 2.97. The fourth-order valence-corrected chi connectivity index (χ4v) is 3.09. The number of benzene rings is 1. The van der Waals surface area contributed by atoms with Crippen molar-refractivity contribution >= 4 is 17.8 Å². The predicted octanol–water partition coefficient (Wildman–Crippen LogP) is 1.63. The maximum atomic E-state index is 11.9. The van der Waals surface area contributed by atoms with Gasteiger partial charge in [-0.1, -0.05) is 24.3 Å². The zero-order valence-electron chi connectivity index (χ0n) is 12.4. The molecule has 0 N–H and O–H groups in total. The Balaban J connectivity index is 1.49. The third kappa shape index (κ3) is 3.18. The summed E-state index contributed by atoms with van der Waals surface area (Å²) in [5.74, 6) is -0.717. The van der Waals surface area contributed by atoms with Crippen LogP contribution in [0.1, 0.15) is 36.8 Å². The van der Waals surface area contributed by atoms with Gasteiger partial charge < -0.3 is 4.74 Å². The number of rotatable bonds is 4. The normalized spacial score (nSPS) is 20.9. The van der Waals surface area contributed by atoms with Crippen molar-refractivity contribution in [3.8, 4) is 0 Å². The van der Waals surface area contributed by atoms with Crippen molar-refractivity contribution in [1.29, 1.82) is 0 Å². The van der Waals surface area contributed by atoms with Crippen LogP contribution >= 0.6 is 0 Å². The molecule has 116 valence electrons. The molecule has 0 bridgehead atoms. The molecular weight excluding hydrogens is 282 g/mol. The highest BCUT2D eigenvalue weighted by Crippen LogP contribution is 2.23. The van der Waals surface area contributed by atoms with E-state index in [0.29, 0.717) is 0 Å². The first kappa shape index (κ1) is 14.8. The number of aryl methyl sites for hydroxylation is 1. The number of fused-ring (bicyclic) bond motifs is 1. The average molecular weight is 301 g/mol. The Kier molecular flexibility index (Phi) is 4.22. The summed E-state index contributed by atoms with van der Waals surface area (Å²) < 4.78 is 5.49. The molecule has 1 fully saturated rings. The van der Waals surface area contributed by atoms with E-state index < -0.39 is 0 Å². The molecule has 1 aromatic rings. The first-order chi connectivity index (χ1) is 10.6. The molecule has 0 saturated carbocycles. The van der Waals surface area contributed by atoms with Crippen LogP contribution in [0.5, 0.6) is 0 Å². The Morgan fingerprint density at radius 3 is 2.50 bits per heavy atom. The molecule has 1 aromatic carbocycles.